The summed E-state index contributed by atoms with van der Waals surface area (Å²) in [5.74, 6) is -3.17. The van der Waals surface area contributed by atoms with Crippen LogP contribution in [0, 0.1) is 18.7 Å². The lowest BCUT2D eigenvalue weighted by molar-refractivity contribution is -0.140. The lowest BCUT2D eigenvalue weighted by atomic mass is 10.1. The molecule has 0 unspecified atom stereocenters. The molecule has 7 rings (SSSR count). The van der Waals surface area contributed by atoms with Crippen LogP contribution in [0.15, 0.2) is 53.9 Å². The van der Waals surface area contributed by atoms with Gasteiger partial charge in [-0.1, -0.05) is 33.8 Å². The van der Waals surface area contributed by atoms with Gasteiger partial charge in [0, 0.05) is 34.5 Å². The van der Waals surface area contributed by atoms with Crippen molar-refractivity contribution in [2.75, 3.05) is 19.0 Å². The third-order valence-electron chi connectivity index (χ3n) is 11.7. The van der Waals surface area contributed by atoms with E-state index in [1.807, 2.05) is 26.2 Å². The third kappa shape index (κ3) is 8.82. The van der Waals surface area contributed by atoms with Gasteiger partial charge in [-0.05, 0) is 80.9 Å². The Hall–Kier alpha value is -5.30. The maximum atomic E-state index is 14.7. The second kappa shape index (κ2) is 16.8. The lowest BCUT2D eigenvalue weighted by Gasteiger charge is -2.30. The monoisotopic (exact) mass is 900 g/mol. The van der Waals surface area contributed by atoms with Crippen molar-refractivity contribution >= 4 is 55.7 Å². The van der Waals surface area contributed by atoms with Gasteiger partial charge in [0.25, 0.3) is 5.91 Å². The smallest absolute Gasteiger partial charge is 0.419 e. The van der Waals surface area contributed by atoms with Crippen molar-refractivity contribution in [2.45, 2.75) is 108 Å². The number of halogens is 4. The fourth-order valence-corrected chi connectivity index (χ4v) is 10.2. The van der Waals surface area contributed by atoms with Crippen molar-refractivity contribution in [3.8, 4) is 22.2 Å². The highest BCUT2D eigenvalue weighted by molar-refractivity contribution is 7.91. The SMILES string of the molecule is C=C(C)[C@H](Nc1ccc(F)c(C(F)(F)F)c1)C(=O)N1C[C@H](Oc2cc(-c3nc(C(C)C)cs3)nc3c(C)c(OC)ccc23)C[C@H]1C(=O)N[C@]1(C(=O)NS(=O)(=O)C2CC2)C[C@H]1CC. The Bertz CT molecular complexity index is 2560. The Labute approximate surface area is 360 Å². The minimum Gasteiger partial charge on any atom is -0.496 e. The number of alkyl halides is 3. The van der Waals surface area contributed by atoms with E-state index in [1.165, 1.54) is 23.2 Å². The first-order chi connectivity index (χ1) is 29.2. The standard InChI is InChI=1S/C43H48F4N6O7S2/c1-8-24-18-42(24,41(56)52-62(57,58)27-10-11-27)51-38(54)33-16-26(19-53(33)40(55)36(22(4)5)48-25-9-13-30(44)29(15-25)43(45,46)47)60-35-17-31(39-50-32(20-61-39)21(2)3)49-37-23(6)34(59-7)14-12-28(35)37/h9,12-15,17,20-21,24,26-27,33,36,48H,4,8,10-11,16,18-19H2,1-3,5-7H3,(H,51,54)(H,52,56)/t24-,26-,33+,36+,42-/m1/s1. The van der Waals surface area contributed by atoms with E-state index in [1.54, 1.807) is 32.2 Å². The van der Waals surface area contributed by atoms with Crippen LogP contribution in [0.25, 0.3) is 21.6 Å². The largest absolute Gasteiger partial charge is 0.496 e. The van der Waals surface area contributed by atoms with Crippen LogP contribution < -0.4 is 24.8 Å². The van der Waals surface area contributed by atoms with Crippen molar-refractivity contribution in [1.82, 2.24) is 24.9 Å². The summed E-state index contributed by atoms with van der Waals surface area (Å²) in [4.78, 5) is 53.8. The van der Waals surface area contributed by atoms with Crippen molar-refractivity contribution < 1.29 is 49.8 Å². The van der Waals surface area contributed by atoms with Crippen LogP contribution in [0.3, 0.4) is 0 Å². The Balaban J connectivity index is 1.25. The molecule has 2 aromatic heterocycles. The molecule has 2 aliphatic carbocycles. The molecular formula is C43H48F4N6O7S2. The number of benzene rings is 2. The Morgan fingerprint density at radius 3 is 2.42 bits per heavy atom. The van der Waals surface area contributed by atoms with Crippen LogP contribution in [0.4, 0.5) is 23.2 Å². The summed E-state index contributed by atoms with van der Waals surface area (Å²) in [6.07, 6.45) is -4.57. The molecule has 3 amide bonds. The number of carbonyl (C=O) groups is 3. The highest BCUT2D eigenvalue weighted by Crippen LogP contribution is 2.47. The van der Waals surface area contributed by atoms with Gasteiger partial charge in [0.2, 0.25) is 21.8 Å². The van der Waals surface area contributed by atoms with Crippen LogP contribution in [0.1, 0.15) is 82.5 Å². The summed E-state index contributed by atoms with van der Waals surface area (Å²) < 4.78 is 95.4. The summed E-state index contributed by atoms with van der Waals surface area (Å²) in [5.41, 5.74) is -0.481. The van der Waals surface area contributed by atoms with Gasteiger partial charge in [0.05, 0.1) is 35.7 Å². The van der Waals surface area contributed by atoms with Crippen LogP contribution >= 0.6 is 11.3 Å². The summed E-state index contributed by atoms with van der Waals surface area (Å²) >= 11 is 1.41. The van der Waals surface area contributed by atoms with Crippen molar-refractivity contribution in [3.63, 3.8) is 0 Å². The number of rotatable bonds is 15. The molecule has 332 valence electrons. The van der Waals surface area contributed by atoms with E-state index in [0.717, 1.165) is 17.3 Å². The van der Waals surface area contributed by atoms with Gasteiger partial charge in [-0.25, -0.2) is 22.8 Å². The van der Waals surface area contributed by atoms with E-state index in [-0.39, 0.29) is 36.6 Å². The quantitative estimate of drug-likeness (QED) is 0.0816. The number of thiazole rings is 1. The molecule has 3 heterocycles. The second-order valence-corrected chi connectivity index (χ2v) is 19.4. The minimum absolute atomic E-state index is 0.104. The van der Waals surface area contributed by atoms with Gasteiger partial charge in [0.1, 0.15) is 51.7 Å². The number of sulfonamides is 1. The molecule has 3 N–H and O–H groups in total. The molecule has 2 aromatic carbocycles. The summed E-state index contributed by atoms with van der Waals surface area (Å²) in [5, 5.41) is 8.04. The number of amides is 3. The molecule has 0 bridgehead atoms. The zero-order valence-electron chi connectivity index (χ0n) is 35.0. The fourth-order valence-electron chi connectivity index (χ4n) is 7.89. The highest BCUT2D eigenvalue weighted by atomic mass is 32.2. The zero-order chi connectivity index (χ0) is 45.1. The molecule has 4 aromatic rings. The lowest BCUT2D eigenvalue weighted by Crippen LogP contribution is -2.57. The number of aromatic nitrogens is 2. The number of anilines is 1. The van der Waals surface area contributed by atoms with Crippen molar-refractivity contribution in [1.29, 1.82) is 0 Å². The van der Waals surface area contributed by atoms with Crippen LogP contribution in [0.5, 0.6) is 11.5 Å². The van der Waals surface area contributed by atoms with E-state index in [4.69, 9.17) is 19.4 Å². The normalized spacial score (nSPS) is 21.7. The number of hydrogen-bond acceptors (Lipinski definition) is 11. The molecule has 1 aliphatic heterocycles. The van der Waals surface area contributed by atoms with Gasteiger partial charge >= 0.3 is 6.18 Å². The molecule has 2 saturated carbocycles. The average molecular weight is 901 g/mol. The fraction of sp³-hybridized carbons (Fsp3) is 0.465. The number of ether oxygens (including phenoxy) is 2. The number of nitrogens with zero attached hydrogens (tertiary/aromatic N) is 3. The topological polar surface area (TPSA) is 169 Å². The molecule has 13 nitrogen and oxygen atoms in total. The highest BCUT2D eigenvalue weighted by Gasteiger charge is 2.62. The van der Waals surface area contributed by atoms with E-state index >= 15 is 0 Å². The van der Waals surface area contributed by atoms with Crippen LogP contribution in [-0.2, 0) is 30.6 Å². The van der Waals surface area contributed by atoms with Gasteiger partial charge < -0.3 is 25.0 Å². The number of fused-ring (bicyclic) bond motifs is 1. The summed E-state index contributed by atoms with van der Waals surface area (Å²) in [6.45, 7) is 12.9. The number of hydrogen-bond donors (Lipinski definition) is 3. The molecular weight excluding hydrogens is 853 g/mol. The number of nitrogens with one attached hydrogen (secondary N) is 3. The summed E-state index contributed by atoms with van der Waals surface area (Å²) in [7, 11) is -2.42. The number of likely N-dealkylation sites (tertiary alicyclic amines) is 1. The minimum atomic E-state index is -5.02. The molecule has 5 atom stereocenters. The Morgan fingerprint density at radius 1 is 1.10 bits per heavy atom. The van der Waals surface area contributed by atoms with Crippen LogP contribution in [-0.4, -0.2) is 83.6 Å². The molecule has 3 fully saturated rings. The molecule has 0 radical (unpaired) electrons. The maximum Gasteiger partial charge on any atom is 0.419 e. The Morgan fingerprint density at radius 2 is 1.82 bits per heavy atom. The van der Waals surface area contributed by atoms with Crippen LogP contribution in [0.2, 0.25) is 0 Å². The van der Waals surface area contributed by atoms with Gasteiger partial charge in [0.15, 0.2) is 0 Å². The average Bonchev–Trinajstić information content (AvgIpc) is 4.09. The number of aryl methyl sites for hydroxylation is 1. The van der Waals surface area contributed by atoms with Gasteiger partial charge in [-0.15, -0.1) is 11.3 Å². The number of methoxy groups -OCH3 is 1. The van der Waals surface area contributed by atoms with E-state index < -0.39 is 80.2 Å². The predicted octanol–water partition coefficient (Wildman–Crippen LogP) is 7.26. The Kier molecular flexibility index (Phi) is 12.1. The van der Waals surface area contributed by atoms with Gasteiger partial charge in [-0.3, -0.25) is 19.1 Å². The zero-order valence-corrected chi connectivity index (χ0v) is 36.6. The summed E-state index contributed by atoms with van der Waals surface area (Å²) in [6, 6.07) is 4.81. The first-order valence-corrected chi connectivity index (χ1v) is 22.7. The maximum absolute atomic E-state index is 14.7. The molecule has 0 spiro atoms. The van der Waals surface area contributed by atoms with Crippen molar-refractivity contribution in [2.24, 2.45) is 5.92 Å². The van der Waals surface area contributed by atoms with Gasteiger partial charge in [-0.2, -0.15) is 13.2 Å². The molecule has 3 aliphatic rings. The van der Waals surface area contributed by atoms with E-state index in [9.17, 15) is 40.4 Å². The van der Waals surface area contributed by atoms with E-state index in [0.29, 0.717) is 64.5 Å². The number of pyridine rings is 1. The first-order valence-electron chi connectivity index (χ1n) is 20.2. The van der Waals surface area contributed by atoms with Crippen molar-refractivity contribution in [3.05, 3.63) is 76.6 Å². The second-order valence-electron chi connectivity index (χ2n) is 16.6. The first kappa shape index (κ1) is 44.7. The third-order valence-corrected chi connectivity index (χ3v) is 14.4. The molecule has 19 heteroatoms. The predicted molar refractivity (Wildman–Crippen MR) is 226 cm³/mol. The van der Waals surface area contributed by atoms with E-state index in [2.05, 4.69) is 21.9 Å². The molecule has 62 heavy (non-hydrogen) atoms. The molecule has 1 saturated heterocycles. The number of carbonyl (C=O) groups excluding carboxylic acids is 3.